The van der Waals surface area contributed by atoms with Crippen LogP contribution in [-0.4, -0.2) is 40.6 Å². The SMILES string of the molecule is CCOC(=O)C(=NO)C(CC(F)(F)F)=NO. The molecule has 0 aromatic rings. The summed E-state index contributed by atoms with van der Waals surface area (Å²) >= 11 is 0. The van der Waals surface area contributed by atoms with E-state index in [1.54, 1.807) is 0 Å². The van der Waals surface area contributed by atoms with Crippen LogP contribution in [0.3, 0.4) is 0 Å². The summed E-state index contributed by atoms with van der Waals surface area (Å²) in [6.07, 6.45) is -6.41. The van der Waals surface area contributed by atoms with Gasteiger partial charge >= 0.3 is 12.1 Å². The summed E-state index contributed by atoms with van der Waals surface area (Å²) in [6.45, 7) is 1.29. The van der Waals surface area contributed by atoms with Gasteiger partial charge in [0.2, 0.25) is 5.71 Å². The number of rotatable bonds is 4. The molecule has 0 aliphatic rings. The van der Waals surface area contributed by atoms with E-state index in [-0.39, 0.29) is 6.61 Å². The summed E-state index contributed by atoms with van der Waals surface area (Å²) in [5.41, 5.74) is -2.20. The summed E-state index contributed by atoms with van der Waals surface area (Å²) < 4.78 is 40.2. The van der Waals surface area contributed by atoms with Crippen molar-refractivity contribution in [1.29, 1.82) is 0 Å². The van der Waals surface area contributed by atoms with Crippen LogP contribution in [0.5, 0.6) is 0 Å². The maximum Gasteiger partial charge on any atom is 0.394 e. The van der Waals surface area contributed by atoms with Crippen molar-refractivity contribution in [2.24, 2.45) is 10.3 Å². The Balaban J connectivity index is 4.88. The first-order valence-corrected chi connectivity index (χ1v) is 4.03. The molecule has 6 nitrogen and oxygen atoms in total. The Morgan fingerprint density at radius 3 is 2.19 bits per heavy atom. The van der Waals surface area contributed by atoms with Gasteiger partial charge in [0.05, 0.1) is 13.0 Å². The first-order valence-electron chi connectivity index (χ1n) is 4.03. The molecule has 9 heteroatoms. The van der Waals surface area contributed by atoms with Crippen LogP contribution < -0.4 is 0 Å². The maximum absolute atomic E-state index is 12.0. The highest BCUT2D eigenvalue weighted by Gasteiger charge is 2.35. The molecule has 0 radical (unpaired) electrons. The number of esters is 1. The van der Waals surface area contributed by atoms with Crippen LogP contribution in [-0.2, 0) is 9.53 Å². The molecule has 92 valence electrons. The first-order chi connectivity index (χ1) is 7.35. The molecule has 0 aromatic carbocycles. The van der Waals surface area contributed by atoms with Gasteiger partial charge in [-0.05, 0) is 6.92 Å². The first kappa shape index (κ1) is 14.2. The highest BCUT2D eigenvalue weighted by molar-refractivity contribution is 6.65. The van der Waals surface area contributed by atoms with Gasteiger partial charge in [0.1, 0.15) is 5.71 Å². The lowest BCUT2D eigenvalue weighted by Crippen LogP contribution is -2.30. The van der Waals surface area contributed by atoms with Gasteiger partial charge < -0.3 is 15.2 Å². The van der Waals surface area contributed by atoms with Crippen molar-refractivity contribution in [3.63, 3.8) is 0 Å². The van der Waals surface area contributed by atoms with E-state index >= 15 is 0 Å². The molecule has 16 heavy (non-hydrogen) atoms. The number of carbonyl (C=O) groups is 1. The average Bonchev–Trinajstić information content (AvgIpc) is 2.16. The normalized spacial score (nSPS) is 13.8. The summed E-state index contributed by atoms with van der Waals surface area (Å²) in [5, 5.41) is 21.2. The van der Waals surface area contributed by atoms with Gasteiger partial charge in [-0.15, -0.1) is 0 Å². The number of hydrogen-bond donors (Lipinski definition) is 2. The predicted octanol–water partition coefficient (Wildman–Crippen LogP) is 1.16. The third-order valence-electron chi connectivity index (χ3n) is 1.33. The van der Waals surface area contributed by atoms with E-state index in [9.17, 15) is 18.0 Å². The van der Waals surface area contributed by atoms with Gasteiger partial charge in [-0.3, -0.25) is 0 Å². The molecule has 0 spiro atoms. The predicted molar refractivity (Wildman–Crippen MR) is 45.7 cm³/mol. The van der Waals surface area contributed by atoms with E-state index < -0.39 is 30.0 Å². The van der Waals surface area contributed by atoms with Crippen molar-refractivity contribution < 1.29 is 33.1 Å². The Morgan fingerprint density at radius 2 is 1.88 bits per heavy atom. The Labute approximate surface area is 88.0 Å². The number of halogens is 3. The summed E-state index contributed by atoms with van der Waals surface area (Å²) in [7, 11) is 0. The molecule has 0 saturated carbocycles. The van der Waals surface area contributed by atoms with Crippen LogP contribution in [0.15, 0.2) is 10.3 Å². The Morgan fingerprint density at radius 1 is 1.31 bits per heavy atom. The fourth-order valence-corrected chi connectivity index (χ4v) is 0.772. The highest BCUT2D eigenvalue weighted by Crippen LogP contribution is 2.20. The van der Waals surface area contributed by atoms with Crippen LogP contribution in [0, 0.1) is 0 Å². The minimum atomic E-state index is -4.70. The third-order valence-corrected chi connectivity index (χ3v) is 1.33. The van der Waals surface area contributed by atoms with E-state index in [0.717, 1.165) is 0 Å². The number of nitrogens with zero attached hydrogens (tertiary/aromatic N) is 2. The molecule has 0 unspecified atom stereocenters. The molecule has 0 rings (SSSR count). The third kappa shape index (κ3) is 4.62. The van der Waals surface area contributed by atoms with Crippen LogP contribution in [0.2, 0.25) is 0 Å². The van der Waals surface area contributed by atoms with Gasteiger partial charge in [0, 0.05) is 0 Å². The largest absolute Gasteiger partial charge is 0.461 e. The quantitative estimate of drug-likeness (QED) is 0.335. The topological polar surface area (TPSA) is 91.5 Å². The Bertz CT molecular complexity index is 311. The number of carbonyl (C=O) groups excluding carboxylic acids is 1. The second-order valence-corrected chi connectivity index (χ2v) is 2.51. The van der Waals surface area contributed by atoms with Crippen molar-refractivity contribution >= 4 is 17.4 Å². The lowest BCUT2D eigenvalue weighted by molar-refractivity contribution is -0.135. The molecule has 0 aliphatic heterocycles. The van der Waals surface area contributed by atoms with Crippen molar-refractivity contribution in [3.05, 3.63) is 0 Å². The zero-order chi connectivity index (χ0) is 12.8. The van der Waals surface area contributed by atoms with Crippen LogP contribution >= 0.6 is 0 Å². The number of hydrogen-bond acceptors (Lipinski definition) is 6. The van der Waals surface area contributed by atoms with Gasteiger partial charge in [-0.1, -0.05) is 10.3 Å². The Hall–Kier alpha value is -1.80. The molecule has 2 N–H and O–H groups in total. The van der Waals surface area contributed by atoms with E-state index in [2.05, 4.69) is 15.0 Å². The molecule has 0 fully saturated rings. The smallest absolute Gasteiger partial charge is 0.394 e. The fourth-order valence-electron chi connectivity index (χ4n) is 0.772. The number of alkyl halides is 3. The van der Waals surface area contributed by atoms with Gasteiger partial charge in [0.15, 0.2) is 0 Å². The van der Waals surface area contributed by atoms with Crippen molar-refractivity contribution in [1.82, 2.24) is 0 Å². The average molecular weight is 242 g/mol. The second-order valence-electron chi connectivity index (χ2n) is 2.51. The summed E-state index contributed by atoms with van der Waals surface area (Å²) in [5.74, 6) is -1.30. The van der Waals surface area contributed by atoms with E-state index in [0.29, 0.717) is 0 Å². The molecule has 0 atom stereocenters. The van der Waals surface area contributed by atoms with Gasteiger partial charge in [-0.2, -0.15) is 13.2 Å². The van der Waals surface area contributed by atoms with E-state index in [4.69, 9.17) is 10.4 Å². The van der Waals surface area contributed by atoms with Crippen molar-refractivity contribution in [2.45, 2.75) is 19.5 Å². The molecule has 0 heterocycles. The number of oxime groups is 2. The van der Waals surface area contributed by atoms with Crippen molar-refractivity contribution in [2.75, 3.05) is 6.61 Å². The van der Waals surface area contributed by atoms with Crippen LogP contribution in [0.1, 0.15) is 13.3 Å². The lowest BCUT2D eigenvalue weighted by Gasteiger charge is -2.08. The summed E-state index contributed by atoms with van der Waals surface area (Å²) in [4.78, 5) is 11.0. The molecule has 0 aromatic heterocycles. The zero-order valence-electron chi connectivity index (χ0n) is 8.15. The molecule has 0 aliphatic carbocycles. The van der Waals surface area contributed by atoms with Gasteiger partial charge in [-0.25, -0.2) is 4.79 Å². The van der Waals surface area contributed by atoms with Crippen LogP contribution in [0.25, 0.3) is 0 Å². The molecule has 0 saturated heterocycles. The minimum absolute atomic E-state index is 0.122. The monoisotopic (exact) mass is 242 g/mol. The highest BCUT2D eigenvalue weighted by atomic mass is 19.4. The standard InChI is InChI=1S/C7H9F3N2O4/c1-2-16-6(13)5(12-15)4(11-14)3-7(8,9)10/h14-15H,2-3H2,1H3. The maximum atomic E-state index is 12.0. The van der Waals surface area contributed by atoms with E-state index in [1.807, 2.05) is 0 Å². The molecular formula is C7H9F3N2O4. The Kier molecular flexibility index (Phi) is 5.26. The number of ether oxygens (including phenoxy) is 1. The summed E-state index contributed by atoms with van der Waals surface area (Å²) in [6, 6.07) is 0. The van der Waals surface area contributed by atoms with Crippen LogP contribution in [0.4, 0.5) is 13.2 Å². The van der Waals surface area contributed by atoms with Crippen molar-refractivity contribution in [3.8, 4) is 0 Å². The lowest BCUT2D eigenvalue weighted by atomic mass is 10.1. The molecular weight excluding hydrogens is 233 g/mol. The van der Waals surface area contributed by atoms with E-state index in [1.165, 1.54) is 6.92 Å². The second kappa shape index (κ2) is 5.93. The fraction of sp³-hybridized carbons (Fsp3) is 0.571. The zero-order valence-corrected chi connectivity index (χ0v) is 8.15. The molecule has 0 amide bonds. The molecule has 0 bridgehead atoms. The minimum Gasteiger partial charge on any atom is -0.461 e. The van der Waals surface area contributed by atoms with Gasteiger partial charge in [0.25, 0.3) is 0 Å².